The highest BCUT2D eigenvalue weighted by Crippen LogP contribution is 2.15. The summed E-state index contributed by atoms with van der Waals surface area (Å²) in [5, 5.41) is 2.56. The second-order valence-corrected chi connectivity index (χ2v) is 4.72. The van der Waals surface area contributed by atoms with Crippen LogP contribution in [0.25, 0.3) is 0 Å². The molecule has 0 saturated carbocycles. The van der Waals surface area contributed by atoms with Crippen LogP contribution < -0.4 is 5.32 Å². The van der Waals surface area contributed by atoms with Crippen LogP contribution >= 0.6 is 0 Å². The van der Waals surface area contributed by atoms with Crippen LogP contribution in [0.1, 0.15) is 13.8 Å². The lowest BCUT2D eigenvalue weighted by atomic mass is 10.0. The second kappa shape index (κ2) is 6.23. The number of amides is 2. The van der Waals surface area contributed by atoms with Crippen LogP contribution in [-0.4, -0.2) is 55.2 Å². The molecule has 1 rings (SSSR count). The van der Waals surface area contributed by atoms with Crippen LogP contribution in [0.4, 0.5) is 13.2 Å². The predicted octanol–water partition coefficient (Wildman–Crippen LogP) is 0.548. The Bertz CT molecular complexity index is 345. The molecule has 1 fully saturated rings. The number of alkyl halides is 3. The third-order valence-corrected chi connectivity index (χ3v) is 2.67. The maximum absolute atomic E-state index is 11.9. The van der Waals surface area contributed by atoms with E-state index in [-0.39, 0.29) is 37.4 Å². The summed E-state index contributed by atoms with van der Waals surface area (Å²) >= 11 is 0. The molecule has 0 aromatic carbocycles. The van der Waals surface area contributed by atoms with Gasteiger partial charge in [0.1, 0.15) is 12.6 Å². The van der Waals surface area contributed by atoms with E-state index in [4.69, 9.17) is 0 Å². The summed E-state index contributed by atoms with van der Waals surface area (Å²) < 4.78 is 40.0. The molecule has 1 saturated heterocycles. The number of hydrogen-bond donors (Lipinski definition) is 1. The first-order valence-electron chi connectivity index (χ1n) is 5.93. The summed E-state index contributed by atoms with van der Waals surface area (Å²) in [7, 11) is 0. The lowest BCUT2D eigenvalue weighted by Gasteiger charge is -2.34. The zero-order valence-corrected chi connectivity index (χ0v) is 10.8. The number of nitrogens with one attached hydrogen (secondary N) is 1. The van der Waals surface area contributed by atoms with Crippen molar-refractivity contribution in [3.05, 3.63) is 0 Å². The molecular formula is C11H17F3N2O3. The Balaban J connectivity index is 2.44. The molecule has 1 unspecified atom stereocenters. The van der Waals surface area contributed by atoms with Crippen molar-refractivity contribution in [3.8, 4) is 0 Å². The quantitative estimate of drug-likeness (QED) is 0.749. The van der Waals surface area contributed by atoms with Crippen LogP contribution in [0.15, 0.2) is 0 Å². The summed E-state index contributed by atoms with van der Waals surface area (Å²) in [6.45, 7) is 1.81. The number of carbonyl (C=O) groups excluding carboxylic acids is 2. The minimum Gasteiger partial charge on any atom is -0.370 e. The van der Waals surface area contributed by atoms with E-state index in [2.05, 4.69) is 10.1 Å². The predicted molar refractivity (Wildman–Crippen MR) is 60.2 cm³/mol. The van der Waals surface area contributed by atoms with E-state index in [1.807, 2.05) is 0 Å². The monoisotopic (exact) mass is 282 g/mol. The highest BCUT2D eigenvalue weighted by atomic mass is 19.4. The topological polar surface area (TPSA) is 58.6 Å². The molecule has 0 spiro atoms. The zero-order chi connectivity index (χ0) is 14.6. The van der Waals surface area contributed by atoms with Gasteiger partial charge >= 0.3 is 6.18 Å². The van der Waals surface area contributed by atoms with Gasteiger partial charge in [0.25, 0.3) is 0 Å². The minimum absolute atomic E-state index is 0.0223. The molecule has 2 amide bonds. The number of hydrogen-bond acceptors (Lipinski definition) is 3. The Kier molecular flexibility index (Phi) is 5.16. The average Bonchev–Trinajstić information content (AvgIpc) is 2.26. The van der Waals surface area contributed by atoms with Gasteiger partial charge in [-0.15, -0.1) is 0 Å². The van der Waals surface area contributed by atoms with Crippen LogP contribution in [0.2, 0.25) is 0 Å². The third kappa shape index (κ3) is 5.06. The SMILES string of the molecule is CC(C)C1NC(=O)CN(CCOCC(F)(F)F)C1=O. The fourth-order valence-corrected chi connectivity index (χ4v) is 1.73. The molecule has 19 heavy (non-hydrogen) atoms. The van der Waals surface area contributed by atoms with Gasteiger partial charge in [-0.3, -0.25) is 9.59 Å². The summed E-state index contributed by atoms with van der Waals surface area (Å²) in [6, 6.07) is -0.621. The second-order valence-electron chi connectivity index (χ2n) is 4.72. The van der Waals surface area contributed by atoms with Gasteiger partial charge in [-0.1, -0.05) is 13.8 Å². The Hall–Kier alpha value is -1.31. The minimum atomic E-state index is -4.39. The largest absolute Gasteiger partial charge is 0.411 e. The van der Waals surface area contributed by atoms with E-state index in [0.717, 1.165) is 0 Å². The number of carbonyl (C=O) groups is 2. The molecule has 0 aromatic heterocycles. The Morgan fingerprint density at radius 2 is 2.05 bits per heavy atom. The average molecular weight is 282 g/mol. The fourth-order valence-electron chi connectivity index (χ4n) is 1.73. The lowest BCUT2D eigenvalue weighted by molar-refractivity contribution is -0.175. The Labute approximate surface area is 109 Å². The molecule has 1 N–H and O–H groups in total. The first-order chi connectivity index (χ1) is 8.70. The normalized spacial score (nSPS) is 20.9. The first-order valence-corrected chi connectivity index (χ1v) is 5.93. The molecule has 0 radical (unpaired) electrons. The number of ether oxygens (including phenoxy) is 1. The maximum atomic E-state index is 11.9. The van der Waals surface area contributed by atoms with Crippen molar-refractivity contribution in [2.75, 3.05) is 26.3 Å². The maximum Gasteiger partial charge on any atom is 0.411 e. The van der Waals surface area contributed by atoms with Crippen molar-refractivity contribution in [3.63, 3.8) is 0 Å². The van der Waals surface area contributed by atoms with Gasteiger partial charge in [0.2, 0.25) is 11.8 Å². The van der Waals surface area contributed by atoms with Gasteiger partial charge in [-0.2, -0.15) is 13.2 Å². The molecule has 8 heteroatoms. The first kappa shape index (κ1) is 15.7. The van der Waals surface area contributed by atoms with Crippen molar-refractivity contribution < 1.29 is 27.5 Å². The Morgan fingerprint density at radius 1 is 1.42 bits per heavy atom. The van der Waals surface area contributed by atoms with Crippen LogP contribution in [-0.2, 0) is 14.3 Å². The van der Waals surface area contributed by atoms with Crippen LogP contribution in [0.3, 0.4) is 0 Å². The highest BCUT2D eigenvalue weighted by Gasteiger charge is 2.34. The van der Waals surface area contributed by atoms with Crippen molar-refractivity contribution >= 4 is 11.8 Å². The molecule has 110 valence electrons. The summed E-state index contributed by atoms with van der Waals surface area (Å²) in [4.78, 5) is 24.6. The van der Waals surface area contributed by atoms with Crippen LogP contribution in [0, 0.1) is 5.92 Å². The van der Waals surface area contributed by atoms with E-state index in [0.29, 0.717) is 0 Å². The smallest absolute Gasteiger partial charge is 0.370 e. The van der Waals surface area contributed by atoms with Gasteiger partial charge in [0.15, 0.2) is 0 Å². The zero-order valence-electron chi connectivity index (χ0n) is 10.8. The summed E-state index contributed by atoms with van der Waals surface area (Å²) in [6.07, 6.45) is -4.39. The van der Waals surface area contributed by atoms with E-state index < -0.39 is 18.8 Å². The van der Waals surface area contributed by atoms with E-state index >= 15 is 0 Å². The van der Waals surface area contributed by atoms with Crippen molar-refractivity contribution in [1.82, 2.24) is 10.2 Å². The van der Waals surface area contributed by atoms with Crippen molar-refractivity contribution in [2.45, 2.75) is 26.1 Å². The van der Waals surface area contributed by atoms with Crippen molar-refractivity contribution in [1.29, 1.82) is 0 Å². The molecule has 1 heterocycles. The molecular weight excluding hydrogens is 265 g/mol. The summed E-state index contributed by atoms with van der Waals surface area (Å²) in [5.41, 5.74) is 0. The molecule has 5 nitrogen and oxygen atoms in total. The van der Waals surface area contributed by atoms with Gasteiger partial charge < -0.3 is 15.0 Å². The lowest BCUT2D eigenvalue weighted by Crippen LogP contribution is -2.60. The highest BCUT2D eigenvalue weighted by molar-refractivity contribution is 5.94. The van der Waals surface area contributed by atoms with Gasteiger partial charge in [-0.25, -0.2) is 0 Å². The molecule has 1 aliphatic heterocycles. The standard InChI is InChI=1S/C11H17F3N2O3/c1-7(2)9-10(18)16(5-8(17)15-9)3-4-19-6-11(12,13)14/h7,9H,3-6H2,1-2H3,(H,15,17). The molecule has 0 aliphatic carbocycles. The number of rotatable bonds is 5. The van der Waals surface area contributed by atoms with Crippen LogP contribution in [0.5, 0.6) is 0 Å². The Morgan fingerprint density at radius 3 is 2.58 bits per heavy atom. The number of nitrogens with zero attached hydrogens (tertiary/aromatic N) is 1. The molecule has 0 bridgehead atoms. The fraction of sp³-hybridized carbons (Fsp3) is 0.818. The van der Waals surface area contributed by atoms with Gasteiger partial charge in [0, 0.05) is 6.54 Å². The van der Waals surface area contributed by atoms with E-state index in [9.17, 15) is 22.8 Å². The number of halogens is 3. The molecule has 1 atom stereocenters. The number of piperazine rings is 1. The van der Waals surface area contributed by atoms with Gasteiger partial charge in [-0.05, 0) is 5.92 Å². The third-order valence-electron chi connectivity index (χ3n) is 2.67. The molecule has 1 aliphatic rings. The van der Waals surface area contributed by atoms with E-state index in [1.165, 1.54) is 4.90 Å². The summed E-state index contributed by atoms with van der Waals surface area (Å²) in [5.74, 6) is -0.672. The molecule has 0 aromatic rings. The van der Waals surface area contributed by atoms with Crippen molar-refractivity contribution in [2.24, 2.45) is 5.92 Å². The van der Waals surface area contributed by atoms with Gasteiger partial charge in [0.05, 0.1) is 13.2 Å². The van der Waals surface area contributed by atoms with E-state index in [1.54, 1.807) is 13.8 Å².